The number of halogens is 1. The molecule has 0 atom stereocenters. The van der Waals surface area contributed by atoms with Crippen molar-refractivity contribution in [2.45, 2.75) is 13.5 Å². The Kier molecular flexibility index (Phi) is 7.37. The van der Waals surface area contributed by atoms with Gasteiger partial charge < -0.3 is 9.47 Å². The molecule has 0 spiro atoms. The van der Waals surface area contributed by atoms with Crippen LogP contribution in [0, 0.1) is 6.92 Å². The summed E-state index contributed by atoms with van der Waals surface area (Å²) in [5, 5.41) is 6.12. The minimum atomic E-state index is -0.343. The third kappa shape index (κ3) is 6.20. The molecule has 0 aliphatic heterocycles. The minimum absolute atomic E-state index is 0.139. The van der Waals surface area contributed by atoms with Crippen molar-refractivity contribution in [3.05, 3.63) is 106 Å². The predicted molar refractivity (Wildman–Crippen MR) is 135 cm³/mol. The standard InChI is InChI=1S/C27H23BrN2O3/c1-19-6-8-21(9-7-19)17-32-23-13-10-20(11-14-23)16-29-30-26(31)18-33-25-15-12-22-4-2-3-5-24(22)27(25)28/h2-16H,17-18H2,1H3,(H,30,31)/b29-16-. The number of nitrogens with one attached hydrogen (secondary N) is 1. The summed E-state index contributed by atoms with van der Waals surface area (Å²) in [5.74, 6) is 1.03. The molecule has 4 aromatic carbocycles. The summed E-state index contributed by atoms with van der Waals surface area (Å²) < 4.78 is 12.3. The smallest absolute Gasteiger partial charge is 0.277 e. The number of amides is 1. The van der Waals surface area contributed by atoms with Crippen LogP contribution in [0.25, 0.3) is 10.8 Å². The van der Waals surface area contributed by atoms with E-state index >= 15 is 0 Å². The minimum Gasteiger partial charge on any atom is -0.489 e. The lowest BCUT2D eigenvalue weighted by molar-refractivity contribution is -0.123. The van der Waals surface area contributed by atoms with E-state index in [4.69, 9.17) is 9.47 Å². The lowest BCUT2D eigenvalue weighted by atomic mass is 10.1. The van der Waals surface area contributed by atoms with Gasteiger partial charge in [0.05, 0.1) is 10.7 Å². The monoisotopic (exact) mass is 502 g/mol. The van der Waals surface area contributed by atoms with Crippen LogP contribution < -0.4 is 14.9 Å². The zero-order valence-corrected chi connectivity index (χ0v) is 19.7. The maximum Gasteiger partial charge on any atom is 0.277 e. The lowest BCUT2D eigenvalue weighted by Crippen LogP contribution is -2.24. The van der Waals surface area contributed by atoms with Crippen molar-refractivity contribution in [3.8, 4) is 11.5 Å². The van der Waals surface area contributed by atoms with Crippen molar-refractivity contribution >= 4 is 38.8 Å². The summed E-state index contributed by atoms with van der Waals surface area (Å²) in [6.07, 6.45) is 1.58. The van der Waals surface area contributed by atoms with Crippen molar-refractivity contribution in [3.63, 3.8) is 0 Å². The quantitative estimate of drug-likeness (QED) is 0.236. The summed E-state index contributed by atoms with van der Waals surface area (Å²) >= 11 is 3.55. The molecule has 1 N–H and O–H groups in total. The Bertz CT molecular complexity index is 1270. The Balaban J connectivity index is 1.24. The van der Waals surface area contributed by atoms with Crippen LogP contribution in [0.15, 0.2) is 94.5 Å². The van der Waals surface area contributed by atoms with E-state index in [1.165, 1.54) is 5.56 Å². The largest absolute Gasteiger partial charge is 0.489 e. The van der Waals surface area contributed by atoms with Crippen LogP contribution in [0.3, 0.4) is 0 Å². The van der Waals surface area contributed by atoms with Gasteiger partial charge in [-0.25, -0.2) is 5.43 Å². The molecule has 0 saturated heterocycles. The number of aryl methyl sites for hydroxylation is 1. The van der Waals surface area contributed by atoms with Gasteiger partial charge in [-0.2, -0.15) is 5.10 Å². The molecule has 0 radical (unpaired) electrons. The average Bonchev–Trinajstić information content (AvgIpc) is 2.84. The molecule has 33 heavy (non-hydrogen) atoms. The summed E-state index contributed by atoms with van der Waals surface area (Å²) in [6, 6.07) is 27.5. The number of fused-ring (bicyclic) bond motifs is 1. The molecular weight excluding hydrogens is 480 g/mol. The average molecular weight is 503 g/mol. The van der Waals surface area contributed by atoms with E-state index in [0.29, 0.717) is 12.4 Å². The van der Waals surface area contributed by atoms with Gasteiger partial charge in [0.15, 0.2) is 6.61 Å². The first-order chi connectivity index (χ1) is 16.1. The Labute approximate surface area is 201 Å². The van der Waals surface area contributed by atoms with Gasteiger partial charge in [0.2, 0.25) is 0 Å². The molecule has 5 nitrogen and oxygen atoms in total. The second-order valence-electron chi connectivity index (χ2n) is 7.52. The van der Waals surface area contributed by atoms with Crippen LogP contribution in [-0.2, 0) is 11.4 Å². The number of hydrogen-bond donors (Lipinski definition) is 1. The Morgan fingerprint density at radius 2 is 1.70 bits per heavy atom. The van der Waals surface area contributed by atoms with Gasteiger partial charge in [-0.1, -0.05) is 60.2 Å². The van der Waals surface area contributed by atoms with E-state index in [2.05, 4.69) is 57.6 Å². The van der Waals surface area contributed by atoms with Crippen molar-refractivity contribution in [2.24, 2.45) is 5.10 Å². The van der Waals surface area contributed by atoms with Crippen molar-refractivity contribution in [1.82, 2.24) is 5.43 Å². The number of rotatable bonds is 8. The van der Waals surface area contributed by atoms with Crippen LogP contribution in [0.1, 0.15) is 16.7 Å². The molecule has 0 unspecified atom stereocenters. The highest BCUT2D eigenvalue weighted by atomic mass is 79.9. The fourth-order valence-electron chi connectivity index (χ4n) is 3.18. The highest BCUT2D eigenvalue weighted by Gasteiger charge is 2.08. The van der Waals surface area contributed by atoms with E-state index in [9.17, 15) is 4.79 Å². The molecule has 1 amide bonds. The number of ether oxygens (including phenoxy) is 2. The van der Waals surface area contributed by atoms with Gasteiger partial charge in [-0.15, -0.1) is 0 Å². The highest BCUT2D eigenvalue weighted by molar-refractivity contribution is 9.10. The SMILES string of the molecule is Cc1ccc(COc2ccc(/C=N\NC(=O)COc3ccc4ccccc4c3Br)cc2)cc1. The molecule has 0 fully saturated rings. The van der Waals surface area contributed by atoms with E-state index < -0.39 is 0 Å². The molecule has 166 valence electrons. The van der Waals surface area contributed by atoms with Crippen LogP contribution in [0.5, 0.6) is 11.5 Å². The maximum atomic E-state index is 12.1. The van der Waals surface area contributed by atoms with Crippen LogP contribution in [0.4, 0.5) is 0 Å². The number of hydrazone groups is 1. The molecule has 0 saturated carbocycles. The third-order valence-corrected chi connectivity index (χ3v) is 5.81. The number of carbonyl (C=O) groups is 1. The van der Waals surface area contributed by atoms with Gasteiger partial charge >= 0.3 is 0 Å². The number of carbonyl (C=O) groups excluding carboxylic acids is 1. The topological polar surface area (TPSA) is 59.9 Å². The second-order valence-corrected chi connectivity index (χ2v) is 8.32. The molecule has 0 aliphatic carbocycles. The summed E-state index contributed by atoms with van der Waals surface area (Å²) in [7, 11) is 0. The van der Waals surface area contributed by atoms with Crippen molar-refractivity contribution in [2.75, 3.05) is 6.61 Å². The van der Waals surface area contributed by atoms with Gasteiger partial charge in [0.25, 0.3) is 5.91 Å². The third-order valence-electron chi connectivity index (χ3n) is 5.00. The van der Waals surface area contributed by atoms with Crippen LogP contribution in [0.2, 0.25) is 0 Å². The Morgan fingerprint density at radius 3 is 2.48 bits per heavy atom. The fourth-order valence-corrected chi connectivity index (χ4v) is 3.79. The van der Waals surface area contributed by atoms with E-state index in [1.54, 1.807) is 6.21 Å². The summed E-state index contributed by atoms with van der Waals surface area (Å²) in [4.78, 5) is 12.1. The fraction of sp³-hybridized carbons (Fsp3) is 0.111. The number of hydrogen-bond acceptors (Lipinski definition) is 4. The van der Waals surface area contributed by atoms with Crippen LogP contribution in [-0.4, -0.2) is 18.7 Å². The van der Waals surface area contributed by atoms with E-state index in [0.717, 1.165) is 32.1 Å². The molecule has 0 heterocycles. The maximum absolute atomic E-state index is 12.1. The van der Waals surface area contributed by atoms with Crippen molar-refractivity contribution in [1.29, 1.82) is 0 Å². The molecule has 6 heteroatoms. The Hall–Kier alpha value is -3.64. The lowest BCUT2D eigenvalue weighted by Gasteiger charge is -2.09. The van der Waals surface area contributed by atoms with Gasteiger partial charge in [-0.05, 0) is 75.1 Å². The molecule has 0 aromatic heterocycles. The summed E-state index contributed by atoms with van der Waals surface area (Å²) in [6.45, 7) is 2.43. The zero-order chi connectivity index (χ0) is 23.0. The molecule has 4 aromatic rings. The molecular formula is C27H23BrN2O3. The first kappa shape index (κ1) is 22.6. The number of benzene rings is 4. The van der Waals surface area contributed by atoms with Gasteiger partial charge in [0, 0.05) is 0 Å². The van der Waals surface area contributed by atoms with E-state index in [-0.39, 0.29) is 12.5 Å². The first-order valence-electron chi connectivity index (χ1n) is 10.5. The molecule has 0 bridgehead atoms. The Morgan fingerprint density at radius 1 is 0.939 bits per heavy atom. The van der Waals surface area contributed by atoms with Crippen LogP contribution >= 0.6 is 15.9 Å². The van der Waals surface area contributed by atoms with Crippen molar-refractivity contribution < 1.29 is 14.3 Å². The summed E-state index contributed by atoms with van der Waals surface area (Å²) in [5.41, 5.74) is 5.67. The molecule has 0 aliphatic rings. The second kappa shape index (κ2) is 10.8. The highest BCUT2D eigenvalue weighted by Crippen LogP contribution is 2.32. The number of nitrogens with zero attached hydrogens (tertiary/aromatic N) is 1. The van der Waals surface area contributed by atoms with Gasteiger partial charge in [0.1, 0.15) is 18.1 Å². The zero-order valence-electron chi connectivity index (χ0n) is 18.1. The van der Waals surface area contributed by atoms with Gasteiger partial charge in [-0.3, -0.25) is 4.79 Å². The molecule has 4 rings (SSSR count). The van der Waals surface area contributed by atoms with E-state index in [1.807, 2.05) is 60.7 Å². The first-order valence-corrected chi connectivity index (χ1v) is 11.3. The predicted octanol–water partition coefficient (Wildman–Crippen LogP) is 6.02. The normalized spacial score (nSPS) is 11.0.